The van der Waals surface area contributed by atoms with Gasteiger partial charge in [-0.25, -0.2) is 14.8 Å². The summed E-state index contributed by atoms with van der Waals surface area (Å²) in [5.41, 5.74) is 6.38. The predicted molar refractivity (Wildman–Crippen MR) is 138 cm³/mol. The lowest BCUT2D eigenvalue weighted by Crippen LogP contribution is -2.52. The molecule has 1 aliphatic rings. The Kier molecular flexibility index (Phi) is 8.69. The number of amides is 1. The lowest BCUT2D eigenvalue weighted by Gasteiger charge is -2.23. The van der Waals surface area contributed by atoms with Gasteiger partial charge in [0.25, 0.3) is 5.91 Å². The van der Waals surface area contributed by atoms with Crippen molar-refractivity contribution in [2.45, 2.75) is 24.9 Å². The third-order valence-corrected chi connectivity index (χ3v) is 6.24. The van der Waals surface area contributed by atoms with E-state index in [-0.39, 0.29) is 31.5 Å². The molecule has 0 saturated heterocycles. The van der Waals surface area contributed by atoms with Crippen molar-refractivity contribution in [2.75, 3.05) is 19.8 Å². The monoisotopic (exact) mass is 555 g/mol. The summed E-state index contributed by atoms with van der Waals surface area (Å²) in [7, 11) is 0. The van der Waals surface area contributed by atoms with Crippen LogP contribution in [0.2, 0.25) is 0 Å². The molecule has 0 radical (unpaired) electrons. The van der Waals surface area contributed by atoms with Gasteiger partial charge in [0.15, 0.2) is 5.54 Å². The number of carbonyl (C=O) groups excluding carboxylic acids is 1. The van der Waals surface area contributed by atoms with Crippen molar-refractivity contribution in [3.63, 3.8) is 0 Å². The molecule has 0 bridgehead atoms. The maximum absolute atomic E-state index is 13.9. The van der Waals surface area contributed by atoms with E-state index in [4.69, 9.17) is 19.6 Å². The number of hydrogen-bond donors (Lipinski definition) is 3. The highest BCUT2D eigenvalue weighted by Gasteiger charge is 2.44. The largest absolute Gasteiger partial charge is 0.494 e. The van der Waals surface area contributed by atoms with Crippen LogP contribution in [0.5, 0.6) is 5.75 Å². The van der Waals surface area contributed by atoms with E-state index in [9.17, 15) is 9.18 Å². The number of rotatable bonds is 11. The first-order valence-corrected chi connectivity index (χ1v) is 12.4. The summed E-state index contributed by atoms with van der Waals surface area (Å²) < 4.78 is 26.4. The quantitative estimate of drug-likeness (QED) is 0.246. The molecule has 0 saturated carbocycles. The summed E-state index contributed by atoms with van der Waals surface area (Å²) in [6.07, 6.45) is 0.871. The van der Waals surface area contributed by atoms with E-state index in [0.717, 1.165) is 10.0 Å². The molecule has 7 nitrogen and oxygen atoms in total. The number of ether oxygens (including phenoxy) is 2. The Morgan fingerprint density at radius 3 is 2.58 bits per heavy atom. The van der Waals surface area contributed by atoms with Crippen molar-refractivity contribution in [3.8, 4) is 5.75 Å². The van der Waals surface area contributed by atoms with E-state index in [1.807, 2.05) is 36.4 Å². The van der Waals surface area contributed by atoms with E-state index in [1.54, 1.807) is 30.3 Å². The number of halogens is 2. The van der Waals surface area contributed by atoms with Crippen molar-refractivity contribution in [2.24, 2.45) is 4.99 Å². The molecule has 1 aliphatic heterocycles. The number of benzene rings is 3. The highest BCUT2D eigenvalue weighted by molar-refractivity contribution is 9.10. The van der Waals surface area contributed by atoms with Crippen LogP contribution < -0.4 is 15.6 Å². The topological polar surface area (TPSA) is 92.2 Å². The van der Waals surface area contributed by atoms with Crippen molar-refractivity contribution in [1.82, 2.24) is 10.9 Å². The van der Waals surface area contributed by atoms with Crippen molar-refractivity contribution in [3.05, 3.63) is 99.8 Å². The zero-order valence-electron chi connectivity index (χ0n) is 19.5. The first kappa shape index (κ1) is 25.8. The van der Waals surface area contributed by atoms with Gasteiger partial charge in [-0.05, 0) is 48.0 Å². The van der Waals surface area contributed by atoms with E-state index in [0.29, 0.717) is 42.2 Å². The summed E-state index contributed by atoms with van der Waals surface area (Å²) in [6, 6.07) is 21.3. The molecule has 0 aromatic heterocycles. The van der Waals surface area contributed by atoms with Crippen LogP contribution in [0.4, 0.5) is 4.39 Å². The van der Waals surface area contributed by atoms with Crippen LogP contribution in [0.15, 0.2) is 82.3 Å². The SMILES string of the molecule is O=C(NNCc1ccccc1F)[C@]1(Cc2ccc(Br)cc2)COC(c2ccc(OCCCO)cc2)=N1. The third kappa shape index (κ3) is 6.48. The number of carbonyl (C=O) groups is 1. The van der Waals surface area contributed by atoms with Crippen LogP contribution in [0, 0.1) is 5.82 Å². The van der Waals surface area contributed by atoms with Crippen LogP contribution in [0.25, 0.3) is 0 Å². The number of hydrogen-bond acceptors (Lipinski definition) is 6. The smallest absolute Gasteiger partial charge is 0.266 e. The summed E-state index contributed by atoms with van der Waals surface area (Å²) in [4.78, 5) is 18.1. The van der Waals surface area contributed by atoms with Crippen LogP contribution in [-0.2, 0) is 22.5 Å². The number of aliphatic hydroxyl groups is 1. The van der Waals surface area contributed by atoms with Gasteiger partial charge in [-0.1, -0.05) is 46.3 Å². The number of aliphatic imine (C=N–C) groups is 1. The van der Waals surface area contributed by atoms with E-state index >= 15 is 0 Å². The molecule has 0 spiro atoms. The first-order chi connectivity index (χ1) is 17.5. The molecule has 36 heavy (non-hydrogen) atoms. The lowest BCUT2D eigenvalue weighted by molar-refractivity contribution is -0.127. The summed E-state index contributed by atoms with van der Waals surface area (Å²) in [5.74, 6) is 0.304. The van der Waals surface area contributed by atoms with Gasteiger partial charge in [0.1, 0.15) is 18.2 Å². The van der Waals surface area contributed by atoms with Crippen LogP contribution in [0.1, 0.15) is 23.1 Å². The molecule has 9 heteroatoms. The number of aliphatic hydroxyl groups excluding tert-OH is 1. The van der Waals surface area contributed by atoms with Gasteiger partial charge in [-0.2, -0.15) is 0 Å². The lowest BCUT2D eigenvalue weighted by atomic mass is 9.91. The Balaban J connectivity index is 1.51. The molecule has 0 aliphatic carbocycles. The summed E-state index contributed by atoms with van der Waals surface area (Å²) >= 11 is 3.43. The molecule has 0 unspecified atom stereocenters. The number of nitrogens with one attached hydrogen (secondary N) is 2. The van der Waals surface area contributed by atoms with E-state index in [2.05, 4.69) is 26.8 Å². The highest BCUT2D eigenvalue weighted by Crippen LogP contribution is 2.28. The molecule has 1 atom stereocenters. The number of nitrogens with zero attached hydrogens (tertiary/aromatic N) is 1. The van der Waals surface area contributed by atoms with E-state index in [1.165, 1.54) is 6.07 Å². The minimum Gasteiger partial charge on any atom is -0.494 e. The minimum absolute atomic E-state index is 0.0559. The van der Waals surface area contributed by atoms with Gasteiger partial charge in [-0.15, -0.1) is 0 Å². The molecule has 1 amide bonds. The minimum atomic E-state index is -1.21. The maximum Gasteiger partial charge on any atom is 0.266 e. The Bertz CT molecular complexity index is 1200. The Morgan fingerprint density at radius 1 is 1.11 bits per heavy atom. The zero-order valence-corrected chi connectivity index (χ0v) is 21.1. The van der Waals surface area contributed by atoms with E-state index < -0.39 is 5.54 Å². The van der Waals surface area contributed by atoms with Crippen LogP contribution in [-0.4, -0.2) is 42.3 Å². The van der Waals surface area contributed by atoms with Gasteiger partial charge in [0.2, 0.25) is 5.90 Å². The molecule has 4 rings (SSSR count). The van der Waals surface area contributed by atoms with Gasteiger partial charge < -0.3 is 14.6 Å². The second-order valence-electron chi connectivity index (χ2n) is 8.39. The van der Waals surface area contributed by atoms with Gasteiger partial charge in [0.05, 0.1) is 6.61 Å². The van der Waals surface area contributed by atoms with Gasteiger partial charge >= 0.3 is 0 Å². The van der Waals surface area contributed by atoms with Crippen molar-refractivity contribution in [1.29, 1.82) is 0 Å². The molecular weight excluding hydrogens is 529 g/mol. The van der Waals surface area contributed by atoms with Gasteiger partial charge in [-0.3, -0.25) is 10.2 Å². The molecular formula is C27H27BrFN3O4. The molecule has 3 N–H and O–H groups in total. The predicted octanol–water partition coefficient (Wildman–Crippen LogP) is 3.93. The highest BCUT2D eigenvalue weighted by atomic mass is 79.9. The Labute approximate surface area is 217 Å². The first-order valence-electron chi connectivity index (χ1n) is 11.6. The third-order valence-electron chi connectivity index (χ3n) is 5.71. The molecule has 1 heterocycles. The second-order valence-corrected chi connectivity index (χ2v) is 9.31. The maximum atomic E-state index is 13.9. The fraction of sp³-hybridized carbons (Fsp3) is 0.259. The fourth-order valence-electron chi connectivity index (χ4n) is 3.75. The average molecular weight is 556 g/mol. The van der Waals surface area contributed by atoms with Crippen LogP contribution >= 0.6 is 15.9 Å². The standard InChI is InChI=1S/C27H27BrFN3O4/c28-22-10-6-19(7-11-22)16-27(26(34)32-30-17-21-4-1-2-5-24(21)29)18-36-25(31-27)20-8-12-23(13-9-20)35-15-3-14-33/h1-2,4-13,30,33H,3,14-18H2,(H,32,34)/t27-/m0/s1. The normalized spacial score (nSPS) is 16.8. The Hall–Kier alpha value is -3.27. The molecule has 3 aromatic rings. The molecule has 188 valence electrons. The molecule has 0 fully saturated rings. The van der Waals surface area contributed by atoms with Crippen molar-refractivity contribution >= 4 is 27.7 Å². The van der Waals surface area contributed by atoms with Crippen LogP contribution in [0.3, 0.4) is 0 Å². The van der Waals surface area contributed by atoms with Crippen molar-refractivity contribution < 1.29 is 23.8 Å². The second kappa shape index (κ2) is 12.1. The fourth-order valence-corrected chi connectivity index (χ4v) is 4.01. The Morgan fingerprint density at radius 2 is 1.86 bits per heavy atom. The summed E-state index contributed by atoms with van der Waals surface area (Å²) in [5, 5.41) is 8.90. The number of hydrazine groups is 1. The summed E-state index contributed by atoms with van der Waals surface area (Å²) in [6.45, 7) is 0.673. The average Bonchev–Trinajstić information content (AvgIpc) is 3.32. The molecule has 3 aromatic carbocycles. The van der Waals surface area contributed by atoms with Gasteiger partial charge in [0, 0.05) is 41.6 Å². The zero-order chi connectivity index (χ0) is 25.4.